The van der Waals surface area contributed by atoms with Crippen LogP contribution in [0.25, 0.3) is 10.9 Å². The molecule has 2 heterocycles. The number of nitrogens with zero attached hydrogens (tertiary/aromatic N) is 2. The molecular formula is C15H10F3N3O3S. The monoisotopic (exact) mass is 369 g/mol. The van der Waals surface area contributed by atoms with Gasteiger partial charge in [-0.2, -0.15) is 0 Å². The van der Waals surface area contributed by atoms with Gasteiger partial charge < -0.3 is 4.74 Å². The molecule has 25 heavy (non-hydrogen) atoms. The maximum atomic E-state index is 12.5. The molecule has 0 aliphatic rings. The number of alkyl halides is 3. The molecule has 0 aliphatic carbocycles. The number of rotatable bonds is 4. The van der Waals surface area contributed by atoms with Gasteiger partial charge in [0.2, 0.25) is 0 Å². The summed E-state index contributed by atoms with van der Waals surface area (Å²) in [6, 6.07) is 7.58. The molecule has 0 radical (unpaired) electrons. The summed E-state index contributed by atoms with van der Waals surface area (Å²) in [6.45, 7) is 0. The van der Waals surface area contributed by atoms with Gasteiger partial charge >= 0.3 is 6.36 Å². The van der Waals surface area contributed by atoms with Crippen LogP contribution < -0.4 is 9.46 Å². The summed E-state index contributed by atoms with van der Waals surface area (Å²) in [5.41, 5.74) is 0.0591. The van der Waals surface area contributed by atoms with Crippen LogP contribution in [-0.2, 0) is 10.0 Å². The molecule has 0 bridgehead atoms. The highest BCUT2D eigenvalue weighted by molar-refractivity contribution is 7.92. The van der Waals surface area contributed by atoms with Gasteiger partial charge in [0.15, 0.2) is 0 Å². The number of halogens is 3. The van der Waals surface area contributed by atoms with Crippen LogP contribution in [0, 0.1) is 0 Å². The normalized spacial score (nSPS) is 12.1. The third-order valence-electron chi connectivity index (χ3n) is 3.12. The summed E-state index contributed by atoms with van der Waals surface area (Å²) in [4.78, 5) is 7.65. The second-order valence-corrected chi connectivity index (χ2v) is 6.56. The minimum absolute atomic E-state index is 0.0891. The Morgan fingerprint density at radius 3 is 2.44 bits per heavy atom. The van der Waals surface area contributed by atoms with Crippen LogP contribution in [-0.4, -0.2) is 24.7 Å². The number of fused-ring (bicyclic) bond motifs is 1. The minimum atomic E-state index is -4.91. The highest BCUT2D eigenvalue weighted by atomic mass is 32.2. The molecule has 10 heteroatoms. The van der Waals surface area contributed by atoms with E-state index in [0.29, 0.717) is 0 Å². The molecule has 1 N–H and O–H groups in total. The Balaban J connectivity index is 2.08. The Morgan fingerprint density at radius 1 is 1.04 bits per heavy atom. The summed E-state index contributed by atoms with van der Waals surface area (Å²) in [5, 5.41) is 0.289. The summed E-state index contributed by atoms with van der Waals surface area (Å²) >= 11 is 0. The van der Waals surface area contributed by atoms with Crippen molar-refractivity contribution in [1.82, 2.24) is 9.97 Å². The van der Waals surface area contributed by atoms with E-state index in [1.54, 1.807) is 0 Å². The van der Waals surface area contributed by atoms with Gasteiger partial charge in [0.25, 0.3) is 10.0 Å². The smallest absolute Gasteiger partial charge is 0.406 e. The van der Waals surface area contributed by atoms with Crippen molar-refractivity contribution in [3.8, 4) is 5.75 Å². The first-order valence-electron chi connectivity index (χ1n) is 6.82. The Morgan fingerprint density at radius 2 is 1.76 bits per heavy atom. The lowest BCUT2D eigenvalue weighted by Gasteiger charge is -2.14. The second kappa shape index (κ2) is 6.20. The number of hydrogen-bond acceptors (Lipinski definition) is 5. The van der Waals surface area contributed by atoms with Gasteiger partial charge in [-0.3, -0.25) is 14.7 Å². The first-order chi connectivity index (χ1) is 11.7. The van der Waals surface area contributed by atoms with E-state index in [2.05, 4.69) is 19.4 Å². The quantitative estimate of drug-likeness (QED) is 0.763. The fourth-order valence-electron chi connectivity index (χ4n) is 2.16. The minimum Gasteiger partial charge on any atom is -0.406 e. The maximum absolute atomic E-state index is 12.5. The molecule has 1 aromatic carbocycles. The second-order valence-electron chi connectivity index (χ2n) is 4.88. The van der Waals surface area contributed by atoms with E-state index >= 15 is 0 Å². The highest BCUT2D eigenvalue weighted by Crippen LogP contribution is 2.32. The van der Waals surface area contributed by atoms with Crippen molar-refractivity contribution in [2.75, 3.05) is 4.72 Å². The van der Waals surface area contributed by atoms with Crippen LogP contribution in [0.2, 0.25) is 0 Å². The van der Waals surface area contributed by atoms with Crippen LogP contribution in [0.4, 0.5) is 18.9 Å². The molecular weight excluding hydrogens is 359 g/mol. The van der Waals surface area contributed by atoms with Crippen LogP contribution in [0.5, 0.6) is 5.75 Å². The summed E-state index contributed by atoms with van der Waals surface area (Å²) in [6.07, 6.45) is -0.934. The summed E-state index contributed by atoms with van der Waals surface area (Å²) < 4.78 is 68.4. The number of ether oxygens (including phenoxy) is 1. The lowest BCUT2D eigenvalue weighted by atomic mass is 10.2. The van der Waals surface area contributed by atoms with Crippen molar-refractivity contribution in [2.45, 2.75) is 11.3 Å². The number of aromatic nitrogens is 2. The van der Waals surface area contributed by atoms with Gasteiger partial charge in [0, 0.05) is 30.0 Å². The standard InChI is InChI=1S/C15H10F3N3O3S/c16-15(17,18)24-11-8-10-2-1-5-20-14(10)13(9-11)21-25(22,23)12-3-6-19-7-4-12/h1-9,21H. The fourth-order valence-corrected chi connectivity index (χ4v) is 3.20. The van der Waals surface area contributed by atoms with E-state index < -0.39 is 22.1 Å². The fraction of sp³-hybridized carbons (Fsp3) is 0.0667. The van der Waals surface area contributed by atoms with Crippen LogP contribution in [0.15, 0.2) is 59.9 Å². The van der Waals surface area contributed by atoms with Crippen LogP contribution >= 0.6 is 0 Å². The number of anilines is 1. The number of benzene rings is 1. The molecule has 130 valence electrons. The summed E-state index contributed by atoms with van der Waals surface area (Å²) in [5.74, 6) is -0.555. The summed E-state index contributed by atoms with van der Waals surface area (Å²) in [7, 11) is -4.03. The van der Waals surface area contributed by atoms with E-state index in [1.165, 1.54) is 42.9 Å². The maximum Gasteiger partial charge on any atom is 0.573 e. The van der Waals surface area contributed by atoms with E-state index in [0.717, 1.165) is 12.1 Å². The van der Waals surface area contributed by atoms with Crippen LogP contribution in [0.1, 0.15) is 0 Å². The molecule has 0 aliphatic heterocycles. The Hall–Kier alpha value is -2.88. The molecule has 0 unspecified atom stereocenters. The topological polar surface area (TPSA) is 81.2 Å². The number of nitrogens with one attached hydrogen (secondary N) is 1. The Kier molecular flexibility index (Phi) is 4.21. The van der Waals surface area contributed by atoms with Gasteiger partial charge in [-0.05, 0) is 24.3 Å². The average Bonchev–Trinajstić information content (AvgIpc) is 2.54. The van der Waals surface area contributed by atoms with Gasteiger partial charge in [0.1, 0.15) is 5.75 Å². The molecule has 0 atom stereocenters. The lowest BCUT2D eigenvalue weighted by molar-refractivity contribution is -0.274. The molecule has 0 fully saturated rings. The van der Waals surface area contributed by atoms with Crippen molar-refractivity contribution in [3.63, 3.8) is 0 Å². The predicted molar refractivity (Wildman–Crippen MR) is 83.5 cm³/mol. The molecule has 0 spiro atoms. The SMILES string of the molecule is O=S(=O)(Nc1cc(OC(F)(F)F)cc2cccnc12)c1ccncc1. The van der Waals surface area contributed by atoms with Crippen molar-refractivity contribution >= 4 is 26.6 Å². The van der Waals surface area contributed by atoms with E-state index in [-0.39, 0.29) is 21.5 Å². The predicted octanol–water partition coefficient (Wildman–Crippen LogP) is 3.33. The van der Waals surface area contributed by atoms with Gasteiger partial charge in [-0.15, -0.1) is 13.2 Å². The van der Waals surface area contributed by atoms with Gasteiger partial charge in [-0.1, -0.05) is 6.07 Å². The molecule has 0 amide bonds. The van der Waals surface area contributed by atoms with Crippen molar-refractivity contribution in [2.24, 2.45) is 0 Å². The number of pyridine rings is 2. The molecule has 6 nitrogen and oxygen atoms in total. The highest BCUT2D eigenvalue weighted by Gasteiger charge is 2.31. The third-order valence-corrected chi connectivity index (χ3v) is 4.50. The van der Waals surface area contributed by atoms with E-state index in [9.17, 15) is 21.6 Å². The van der Waals surface area contributed by atoms with Gasteiger partial charge in [0.05, 0.1) is 16.1 Å². The van der Waals surface area contributed by atoms with Crippen molar-refractivity contribution in [3.05, 3.63) is 55.0 Å². The molecule has 3 aromatic rings. The van der Waals surface area contributed by atoms with Gasteiger partial charge in [-0.25, -0.2) is 8.42 Å². The van der Waals surface area contributed by atoms with E-state index in [4.69, 9.17) is 0 Å². The molecule has 3 rings (SSSR count). The lowest BCUT2D eigenvalue weighted by Crippen LogP contribution is -2.18. The molecule has 0 saturated heterocycles. The van der Waals surface area contributed by atoms with Crippen LogP contribution in [0.3, 0.4) is 0 Å². The average molecular weight is 369 g/mol. The molecule has 0 saturated carbocycles. The zero-order valence-corrected chi connectivity index (χ0v) is 13.2. The largest absolute Gasteiger partial charge is 0.573 e. The molecule has 2 aromatic heterocycles. The Labute approximate surface area is 140 Å². The first kappa shape index (κ1) is 17.0. The zero-order chi connectivity index (χ0) is 18.1. The third kappa shape index (κ3) is 3.97. The van der Waals surface area contributed by atoms with Crippen molar-refractivity contribution in [1.29, 1.82) is 0 Å². The first-order valence-corrected chi connectivity index (χ1v) is 8.30. The zero-order valence-electron chi connectivity index (χ0n) is 12.4. The van der Waals surface area contributed by atoms with Crippen molar-refractivity contribution < 1.29 is 26.3 Å². The number of hydrogen-bond donors (Lipinski definition) is 1. The van der Waals surface area contributed by atoms with E-state index in [1.807, 2.05) is 0 Å². The number of sulfonamides is 1. The Bertz CT molecular complexity index is 1010.